The normalized spacial score (nSPS) is 15.9. The molecule has 0 saturated heterocycles. The Morgan fingerprint density at radius 3 is 2.04 bits per heavy atom. The zero-order valence-corrected chi connectivity index (χ0v) is 15.8. The third kappa shape index (κ3) is 4.82. The van der Waals surface area contributed by atoms with Crippen LogP contribution in [0.4, 0.5) is 35.1 Å². The van der Waals surface area contributed by atoms with Crippen molar-refractivity contribution in [3.05, 3.63) is 30.3 Å². The first-order chi connectivity index (χ1) is 12.7. The fraction of sp³-hybridized carbons (Fsp3) is 0.600. The summed E-state index contributed by atoms with van der Waals surface area (Å²) in [6.07, 6.45) is -5.09. The van der Waals surface area contributed by atoms with Gasteiger partial charge in [0, 0.05) is 6.61 Å². The maximum absolute atomic E-state index is 13.5. The number of hydrogen-bond acceptors (Lipinski definition) is 3. The largest absolute Gasteiger partial charge is 0.397 e. The predicted molar refractivity (Wildman–Crippen MR) is 83.5 cm³/mol. The molecule has 0 bridgehead atoms. The van der Waals surface area contributed by atoms with Crippen molar-refractivity contribution >= 4 is 13.7 Å². The standard InChI is InChI=1S/C15H18F8NO3Si/c1-3-26-28(2,11-7-5-4-6-8-11)27-10-9-24(25)15(22,23)14(20,21)13(18,19)12(16)17/h4-8,12H,3,9-10H2,1-2H3. The number of hydroxylamine groups is 2. The molecule has 0 aliphatic rings. The molecule has 0 aliphatic carbocycles. The monoisotopic (exact) mass is 440 g/mol. The molecule has 1 aromatic rings. The van der Waals surface area contributed by atoms with Gasteiger partial charge in [0.05, 0.1) is 13.2 Å². The minimum atomic E-state index is -6.60. The summed E-state index contributed by atoms with van der Waals surface area (Å²) in [5.74, 6) is -13.0. The summed E-state index contributed by atoms with van der Waals surface area (Å²) in [6, 6.07) is 2.04. The smallest absolute Gasteiger partial charge is 0.391 e. The molecule has 0 aliphatic heterocycles. The lowest BCUT2D eigenvalue weighted by Crippen LogP contribution is -2.63. The molecule has 0 N–H and O–H groups in total. The summed E-state index contributed by atoms with van der Waals surface area (Å²) in [5.41, 5.74) is 0. The number of halogens is 8. The Hall–Kier alpha value is -1.28. The van der Waals surface area contributed by atoms with Gasteiger partial charge in [-0.1, -0.05) is 35.4 Å². The van der Waals surface area contributed by atoms with E-state index in [9.17, 15) is 40.3 Å². The quantitative estimate of drug-likeness (QED) is 0.228. The minimum absolute atomic E-state index is 0.146. The lowest BCUT2D eigenvalue weighted by molar-refractivity contribution is -0.434. The van der Waals surface area contributed by atoms with E-state index in [-0.39, 0.29) is 6.61 Å². The molecule has 0 amide bonds. The van der Waals surface area contributed by atoms with Gasteiger partial charge in [-0.3, -0.25) is 0 Å². The van der Waals surface area contributed by atoms with Crippen LogP contribution in [-0.2, 0) is 14.1 Å². The maximum atomic E-state index is 13.5. The molecular formula is C15H18F8NO3Si. The van der Waals surface area contributed by atoms with Crippen molar-refractivity contribution in [2.75, 3.05) is 19.8 Å². The van der Waals surface area contributed by atoms with Crippen LogP contribution in [0.15, 0.2) is 30.3 Å². The molecule has 1 aromatic carbocycles. The van der Waals surface area contributed by atoms with Gasteiger partial charge < -0.3 is 8.85 Å². The molecule has 0 heterocycles. The van der Waals surface area contributed by atoms with Gasteiger partial charge in [0.15, 0.2) is 0 Å². The van der Waals surface area contributed by atoms with Gasteiger partial charge in [0.25, 0.3) is 0 Å². The van der Waals surface area contributed by atoms with Crippen LogP contribution in [-0.4, -0.2) is 57.7 Å². The molecule has 1 radical (unpaired) electrons. The van der Waals surface area contributed by atoms with Gasteiger partial charge in [-0.25, -0.2) is 8.78 Å². The first kappa shape index (κ1) is 24.8. The molecule has 13 heteroatoms. The number of nitrogens with zero attached hydrogens (tertiary/aromatic N) is 1. The third-order valence-corrected chi connectivity index (χ3v) is 6.75. The number of rotatable bonds is 11. The van der Waals surface area contributed by atoms with Crippen molar-refractivity contribution < 1.29 is 49.2 Å². The molecule has 0 fully saturated rings. The van der Waals surface area contributed by atoms with Crippen molar-refractivity contribution in [3.63, 3.8) is 0 Å². The van der Waals surface area contributed by atoms with Crippen LogP contribution < -0.4 is 5.19 Å². The highest BCUT2D eigenvalue weighted by atomic mass is 28.4. The first-order valence-corrected chi connectivity index (χ1v) is 10.3. The van der Waals surface area contributed by atoms with Gasteiger partial charge >= 0.3 is 32.9 Å². The minimum Gasteiger partial charge on any atom is -0.391 e. The van der Waals surface area contributed by atoms with Crippen LogP contribution in [0.1, 0.15) is 6.92 Å². The van der Waals surface area contributed by atoms with Crippen molar-refractivity contribution in [1.82, 2.24) is 5.06 Å². The SMILES string of the molecule is CCO[Si](C)(OCCN([O])C(F)(F)C(F)(F)C(F)(F)C(F)F)c1ccccc1. The van der Waals surface area contributed by atoms with E-state index in [2.05, 4.69) is 0 Å². The lowest BCUT2D eigenvalue weighted by atomic mass is 10.1. The van der Waals surface area contributed by atoms with E-state index < -0.39 is 51.1 Å². The fourth-order valence-electron chi connectivity index (χ4n) is 2.18. The Morgan fingerprint density at radius 1 is 1.04 bits per heavy atom. The van der Waals surface area contributed by atoms with E-state index in [1.807, 2.05) is 0 Å². The van der Waals surface area contributed by atoms with Gasteiger partial charge in [-0.15, -0.1) is 5.21 Å². The highest BCUT2D eigenvalue weighted by molar-refractivity contribution is 6.79. The summed E-state index contributed by atoms with van der Waals surface area (Å²) >= 11 is 0. The Balaban J connectivity index is 2.88. The second-order valence-electron chi connectivity index (χ2n) is 5.73. The fourth-order valence-corrected chi connectivity index (χ4v) is 4.43. The average Bonchev–Trinajstić information content (AvgIpc) is 2.62. The van der Waals surface area contributed by atoms with E-state index in [0.717, 1.165) is 0 Å². The molecule has 0 aromatic heterocycles. The molecule has 4 nitrogen and oxygen atoms in total. The van der Waals surface area contributed by atoms with Crippen LogP contribution in [0.5, 0.6) is 0 Å². The summed E-state index contributed by atoms with van der Waals surface area (Å²) < 4.78 is 114. The highest BCUT2D eigenvalue weighted by Gasteiger charge is 2.77. The summed E-state index contributed by atoms with van der Waals surface area (Å²) in [7, 11) is -3.22. The molecule has 161 valence electrons. The Kier molecular flexibility index (Phi) is 7.98. The zero-order chi connectivity index (χ0) is 21.8. The van der Waals surface area contributed by atoms with E-state index in [1.165, 1.54) is 6.55 Å². The summed E-state index contributed by atoms with van der Waals surface area (Å²) in [6.45, 7) is 0.891. The molecule has 0 spiro atoms. The Morgan fingerprint density at radius 2 is 1.57 bits per heavy atom. The second-order valence-corrected chi connectivity index (χ2v) is 8.78. The molecule has 0 saturated carbocycles. The van der Waals surface area contributed by atoms with Crippen LogP contribution in [0.2, 0.25) is 6.55 Å². The van der Waals surface area contributed by atoms with Crippen molar-refractivity contribution in [2.45, 2.75) is 37.8 Å². The lowest BCUT2D eigenvalue weighted by Gasteiger charge is -2.35. The topological polar surface area (TPSA) is 41.6 Å². The van der Waals surface area contributed by atoms with Crippen LogP contribution in [0.3, 0.4) is 0 Å². The van der Waals surface area contributed by atoms with Gasteiger partial charge in [-0.05, 0) is 18.7 Å². The van der Waals surface area contributed by atoms with Crippen molar-refractivity contribution in [1.29, 1.82) is 0 Å². The molecule has 1 atom stereocenters. The number of alkyl halides is 8. The summed E-state index contributed by atoms with van der Waals surface area (Å²) in [4.78, 5) is 0. The second kappa shape index (κ2) is 9.03. The van der Waals surface area contributed by atoms with Crippen molar-refractivity contribution in [2.24, 2.45) is 0 Å². The van der Waals surface area contributed by atoms with E-state index in [1.54, 1.807) is 37.3 Å². The van der Waals surface area contributed by atoms with Crippen LogP contribution >= 0.6 is 0 Å². The Labute approximate surface area is 156 Å². The van der Waals surface area contributed by atoms with Crippen LogP contribution in [0, 0.1) is 0 Å². The van der Waals surface area contributed by atoms with Gasteiger partial charge in [-0.2, -0.15) is 26.3 Å². The highest BCUT2D eigenvalue weighted by Crippen LogP contribution is 2.49. The number of hydrogen-bond donors (Lipinski definition) is 0. The molecule has 28 heavy (non-hydrogen) atoms. The number of benzene rings is 1. The molecule has 1 unspecified atom stereocenters. The average molecular weight is 440 g/mol. The Bertz CT molecular complexity index is 623. The van der Waals surface area contributed by atoms with Crippen molar-refractivity contribution in [3.8, 4) is 0 Å². The maximum Gasteiger partial charge on any atom is 0.397 e. The van der Waals surface area contributed by atoms with Gasteiger partial charge in [0.1, 0.15) is 0 Å². The predicted octanol–water partition coefficient (Wildman–Crippen LogP) is 3.79. The first-order valence-electron chi connectivity index (χ1n) is 7.93. The molecule has 1 rings (SSSR count). The van der Waals surface area contributed by atoms with E-state index in [4.69, 9.17) is 8.85 Å². The van der Waals surface area contributed by atoms with Gasteiger partial charge in [0.2, 0.25) is 0 Å². The summed E-state index contributed by atoms with van der Waals surface area (Å²) in [5, 5.41) is 10.2. The zero-order valence-electron chi connectivity index (χ0n) is 14.8. The van der Waals surface area contributed by atoms with Crippen LogP contribution in [0.25, 0.3) is 0 Å². The van der Waals surface area contributed by atoms with E-state index in [0.29, 0.717) is 5.19 Å². The molecular weight excluding hydrogens is 422 g/mol. The van der Waals surface area contributed by atoms with E-state index >= 15 is 0 Å². The third-order valence-electron chi connectivity index (χ3n) is 3.77.